The maximum Gasteiger partial charge on any atom is 0.407 e. The first-order valence-corrected chi connectivity index (χ1v) is 7.25. The number of carbonyl (C=O) groups is 1. The van der Waals surface area contributed by atoms with Crippen LogP contribution in [0.4, 0.5) is 4.79 Å². The van der Waals surface area contributed by atoms with Crippen molar-refractivity contribution in [3.8, 4) is 0 Å². The highest BCUT2D eigenvalue weighted by atomic mass is 16.6. The van der Waals surface area contributed by atoms with E-state index in [2.05, 4.69) is 17.6 Å². The van der Waals surface area contributed by atoms with Crippen molar-refractivity contribution in [1.29, 1.82) is 0 Å². The second-order valence-corrected chi connectivity index (χ2v) is 6.48. The number of amides is 1. The van der Waals surface area contributed by atoms with Crippen LogP contribution < -0.4 is 16.4 Å². The summed E-state index contributed by atoms with van der Waals surface area (Å²) in [7, 11) is 0. The van der Waals surface area contributed by atoms with Crippen molar-refractivity contribution in [2.75, 3.05) is 13.1 Å². The topological polar surface area (TPSA) is 76.4 Å². The molecule has 112 valence electrons. The molecule has 4 N–H and O–H groups in total. The fourth-order valence-corrected chi connectivity index (χ4v) is 2.51. The van der Waals surface area contributed by atoms with Crippen LogP contribution in [0, 0.1) is 5.92 Å². The molecular formula is C14H29N3O2. The maximum atomic E-state index is 11.5. The highest BCUT2D eigenvalue weighted by Crippen LogP contribution is 2.24. The van der Waals surface area contributed by atoms with E-state index in [4.69, 9.17) is 10.5 Å². The van der Waals surface area contributed by atoms with Gasteiger partial charge in [0.05, 0.1) is 0 Å². The van der Waals surface area contributed by atoms with Gasteiger partial charge < -0.3 is 21.1 Å². The van der Waals surface area contributed by atoms with Gasteiger partial charge in [-0.05, 0) is 53.0 Å². The van der Waals surface area contributed by atoms with Gasteiger partial charge in [0.2, 0.25) is 0 Å². The molecule has 1 rings (SSSR count). The normalized spacial score (nSPS) is 25.1. The molecular weight excluding hydrogens is 242 g/mol. The minimum absolute atomic E-state index is 0.227. The molecule has 1 aliphatic rings. The molecule has 0 heterocycles. The molecule has 3 unspecified atom stereocenters. The molecule has 0 aromatic carbocycles. The van der Waals surface area contributed by atoms with Crippen LogP contribution in [0.15, 0.2) is 0 Å². The monoisotopic (exact) mass is 271 g/mol. The average Bonchev–Trinajstić information content (AvgIpc) is 2.71. The Morgan fingerprint density at radius 3 is 2.68 bits per heavy atom. The summed E-state index contributed by atoms with van der Waals surface area (Å²) >= 11 is 0. The van der Waals surface area contributed by atoms with Gasteiger partial charge in [0.25, 0.3) is 0 Å². The highest BCUT2D eigenvalue weighted by molar-refractivity contribution is 5.67. The summed E-state index contributed by atoms with van der Waals surface area (Å²) in [5, 5.41) is 6.34. The lowest BCUT2D eigenvalue weighted by Gasteiger charge is -2.25. The van der Waals surface area contributed by atoms with E-state index >= 15 is 0 Å². The van der Waals surface area contributed by atoms with Gasteiger partial charge in [-0.2, -0.15) is 0 Å². The van der Waals surface area contributed by atoms with Crippen LogP contribution in [0.2, 0.25) is 0 Å². The van der Waals surface area contributed by atoms with E-state index in [0.717, 1.165) is 6.54 Å². The quantitative estimate of drug-likeness (QED) is 0.710. The first-order chi connectivity index (χ1) is 8.81. The Morgan fingerprint density at radius 1 is 1.42 bits per heavy atom. The number of nitrogens with two attached hydrogens (primary N) is 1. The van der Waals surface area contributed by atoms with E-state index in [1.165, 1.54) is 19.3 Å². The lowest BCUT2D eigenvalue weighted by Crippen LogP contribution is -2.47. The molecule has 0 aromatic heterocycles. The molecule has 5 nitrogen and oxygen atoms in total. The van der Waals surface area contributed by atoms with Crippen molar-refractivity contribution in [3.05, 3.63) is 0 Å². The summed E-state index contributed by atoms with van der Waals surface area (Å²) in [6.45, 7) is 8.96. The Bertz CT molecular complexity index is 289. The van der Waals surface area contributed by atoms with Gasteiger partial charge in [0, 0.05) is 18.6 Å². The smallest absolute Gasteiger partial charge is 0.407 e. The van der Waals surface area contributed by atoms with Gasteiger partial charge in [-0.3, -0.25) is 0 Å². The van der Waals surface area contributed by atoms with Crippen LogP contribution >= 0.6 is 0 Å². The van der Waals surface area contributed by atoms with Crippen molar-refractivity contribution < 1.29 is 9.53 Å². The molecule has 0 saturated heterocycles. The van der Waals surface area contributed by atoms with Crippen LogP contribution in [0.25, 0.3) is 0 Å². The SMILES string of the molecule is CC(CNC(=O)OC(C)(C)C)NC1CCCC1CN. The van der Waals surface area contributed by atoms with Gasteiger partial charge in [-0.15, -0.1) is 0 Å². The zero-order chi connectivity index (χ0) is 14.5. The van der Waals surface area contributed by atoms with E-state index < -0.39 is 5.60 Å². The largest absolute Gasteiger partial charge is 0.444 e. The van der Waals surface area contributed by atoms with E-state index in [-0.39, 0.29) is 12.1 Å². The van der Waals surface area contributed by atoms with Crippen molar-refractivity contribution in [2.45, 2.75) is 64.6 Å². The number of carbonyl (C=O) groups excluding carboxylic acids is 1. The molecule has 0 aliphatic heterocycles. The van der Waals surface area contributed by atoms with Crippen LogP contribution in [0.3, 0.4) is 0 Å². The van der Waals surface area contributed by atoms with Crippen LogP contribution in [0.1, 0.15) is 47.0 Å². The van der Waals surface area contributed by atoms with E-state index in [1.54, 1.807) is 0 Å². The zero-order valence-corrected chi connectivity index (χ0v) is 12.7. The second kappa shape index (κ2) is 7.10. The lowest BCUT2D eigenvalue weighted by molar-refractivity contribution is 0.0522. The van der Waals surface area contributed by atoms with Crippen LogP contribution in [-0.2, 0) is 4.74 Å². The maximum absolute atomic E-state index is 11.5. The molecule has 0 bridgehead atoms. The van der Waals surface area contributed by atoms with E-state index in [1.807, 2.05) is 20.8 Å². The second-order valence-electron chi connectivity index (χ2n) is 6.48. The van der Waals surface area contributed by atoms with Crippen molar-refractivity contribution in [2.24, 2.45) is 11.7 Å². The van der Waals surface area contributed by atoms with Gasteiger partial charge in [0.15, 0.2) is 0 Å². The first kappa shape index (κ1) is 16.2. The first-order valence-electron chi connectivity index (χ1n) is 7.25. The van der Waals surface area contributed by atoms with E-state index in [9.17, 15) is 4.79 Å². The van der Waals surface area contributed by atoms with Crippen LogP contribution in [0.5, 0.6) is 0 Å². The summed E-state index contributed by atoms with van der Waals surface area (Å²) in [6.07, 6.45) is 3.27. The van der Waals surface area contributed by atoms with Gasteiger partial charge >= 0.3 is 6.09 Å². The zero-order valence-electron chi connectivity index (χ0n) is 12.7. The summed E-state index contributed by atoms with van der Waals surface area (Å²) in [4.78, 5) is 11.5. The molecule has 0 aromatic rings. The molecule has 0 spiro atoms. The minimum atomic E-state index is -0.448. The average molecular weight is 271 g/mol. The Labute approximate surface area is 116 Å². The van der Waals surface area contributed by atoms with Crippen molar-refractivity contribution >= 4 is 6.09 Å². The van der Waals surface area contributed by atoms with Crippen molar-refractivity contribution in [3.63, 3.8) is 0 Å². The Morgan fingerprint density at radius 2 is 2.11 bits per heavy atom. The lowest BCUT2D eigenvalue weighted by atomic mass is 10.0. The fraction of sp³-hybridized carbons (Fsp3) is 0.929. The molecule has 1 aliphatic carbocycles. The minimum Gasteiger partial charge on any atom is -0.444 e. The molecule has 1 fully saturated rings. The number of rotatable bonds is 5. The summed E-state index contributed by atoms with van der Waals surface area (Å²) in [6, 6.07) is 0.713. The Hall–Kier alpha value is -0.810. The number of hydrogen-bond acceptors (Lipinski definition) is 4. The Balaban J connectivity index is 2.24. The summed E-state index contributed by atoms with van der Waals surface area (Å²) in [5.41, 5.74) is 5.31. The molecule has 3 atom stereocenters. The fourth-order valence-electron chi connectivity index (χ4n) is 2.51. The number of nitrogens with one attached hydrogen (secondary N) is 2. The summed E-state index contributed by atoms with van der Waals surface area (Å²) < 4.78 is 5.20. The number of hydrogen-bond donors (Lipinski definition) is 3. The molecule has 1 saturated carbocycles. The third-order valence-electron chi connectivity index (χ3n) is 3.41. The number of ether oxygens (including phenoxy) is 1. The van der Waals surface area contributed by atoms with Crippen LogP contribution in [-0.4, -0.2) is 36.9 Å². The molecule has 0 radical (unpaired) electrons. The van der Waals surface area contributed by atoms with Gasteiger partial charge in [-0.1, -0.05) is 6.42 Å². The van der Waals surface area contributed by atoms with Crippen molar-refractivity contribution in [1.82, 2.24) is 10.6 Å². The molecule has 5 heteroatoms. The summed E-state index contributed by atoms with van der Waals surface area (Å²) in [5.74, 6) is 0.573. The predicted octanol–water partition coefficient (Wildman–Crippen LogP) is 1.62. The van der Waals surface area contributed by atoms with E-state index in [0.29, 0.717) is 18.5 Å². The number of alkyl carbamates (subject to hydrolysis) is 1. The third-order valence-corrected chi connectivity index (χ3v) is 3.41. The molecule has 1 amide bonds. The predicted molar refractivity (Wildman–Crippen MR) is 77.0 cm³/mol. The highest BCUT2D eigenvalue weighted by Gasteiger charge is 2.27. The standard InChI is InChI=1S/C14H29N3O2/c1-10(9-16-13(18)19-14(2,3)4)17-12-7-5-6-11(12)8-15/h10-12,17H,5-9,15H2,1-4H3,(H,16,18). The van der Waals surface area contributed by atoms with Gasteiger partial charge in [0.1, 0.15) is 5.60 Å². The van der Waals surface area contributed by atoms with Gasteiger partial charge in [-0.25, -0.2) is 4.79 Å². The molecule has 19 heavy (non-hydrogen) atoms. The Kier molecular flexibility index (Phi) is 6.07. The third kappa shape index (κ3) is 6.25.